The minimum absolute atomic E-state index is 0.516. The van der Waals surface area contributed by atoms with E-state index in [0.29, 0.717) is 5.56 Å². The Morgan fingerprint density at radius 2 is 1.86 bits per heavy atom. The summed E-state index contributed by atoms with van der Waals surface area (Å²) in [5.74, 6) is -0.555. The summed E-state index contributed by atoms with van der Waals surface area (Å²) in [5.41, 5.74) is 0.0265. The van der Waals surface area contributed by atoms with E-state index in [9.17, 15) is 13.2 Å². The molecular weight excluding hydrogens is 197 g/mol. The second-order valence-corrected chi connectivity index (χ2v) is 3.01. The molecule has 0 aliphatic heterocycles. The van der Waals surface area contributed by atoms with Crippen LogP contribution in [0.4, 0.5) is 13.2 Å². The number of halogens is 3. The number of hydrogen-bond acceptors (Lipinski definition) is 2. The maximum atomic E-state index is 12.1. The molecule has 1 aromatic carbocycles. The minimum atomic E-state index is -4.76. The van der Waals surface area contributed by atoms with Gasteiger partial charge in [0.05, 0.1) is 0 Å². The molecule has 5 heteroatoms. The first-order valence-electron chi connectivity index (χ1n) is 3.86. The van der Waals surface area contributed by atoms with Gasteiger partial charge in [-0.25, -0.2) is 0 Å². The standard InChI is InChI=1S/C9H9F3O2/c1-5-2-3-7(13)6(4-5)8(14)9(10,11)12/h2-4,8,13-14H,1H3/t8-/m1/s1. The van der Waals surface area contributed by atoms with E-state index < -0.39 is 23.6 Å². The van der Waals surface area contributed by atoms with Crippen molar-refractivity contribution in [1.29, 1.82) is 0 Å². The third-order valence-electron chi connectivity index (χ3n) is 1.79. The smallest absolute Gasteiger partial charge is 0.418 e. The lowest BCUT2D eigenvalue weighted by Crippen LogP contribution is -2.20. The maximum Gasteiger partial charge on any atom is 0.418 e. The van der Waals surface area contributed by atoms with Gasteiger partial charge >= 0.3 is 6.18 Å². The maximum absolute atomic E-state index is 12.1. The number of hydrogen-bond donors (Lipinski definition) is 2. The van der Waals surface area contributed by atoms with Crippen molar-refractivity contribution in [3.8, 4) is 5.75 Å². The second kappa shape index (κ2) is 3.49. The van der Waals surface area contributed by atoms with E-state index in [4.69, 9.17) is 10.2 Å². The van der Waals surface area contributed by atoms with Crippen LogP contribution in [-0.4, -0.2) is 16.4 Å². The van der Waals surface area contributed by atoms with E-state index in [-0.39, 0.29) is 0 Å². The molecule has 0 aromatic heterocycles. The highest BCUT2D eigenvalue weighted by Crippen LogP contribution is 2.36. The molecule has 14 heavy (non-hydrogen) atoms. The molecule has 2 nitrogen and oxygen atoms in total. The van der Waals surface area contributed by atoms with Gasteiger partial charge in [-0.05, 0) is 19.1 Å². The average Bonchev–Trinajstić information content (AvgIpc) is 2.06. The van der Waals surface area contributed by atoms with Crippen molar-refractivity contribution >= 4 is 0 Å². The van der Waals surface area contributed by atoms with Gasteiger partial charge in [0.1, 0.15) is 5.75 Å². The van der Waals surface area contributed by atoms with E-state index in [1.807, 2.05) is 0 Å². The largest absolute Gasteiger partial charge is 0.508 e. The molecule has 0 aliphatic carbocycles. The molecule has 0 bridgehead atoms. The van der Waals surface area contributed by atoms with Crippen molar-refractivity contribution in [3.05, 3.63) is 29.3 Å². The normalized spacial score (nSPS) is 14.1. The third kappa shape index (κ3) is 2.17. The summed E-state index contributed by atoms with van der Waals surface area (Å²) in [4.78, 5) is 0. The van der Waals surface area contributed by atoms with E-state index in [1.54, 1.807) is 6.92 Å². The van der Waals surface area contributed by atoms with Gasteiger partial charge in [-0.15, -0.1) is 0 Å². The lowest BCUT2D eigenvalue weighted by molar-refractivity contribution is -0.207. The predicted molar refractivity (Wildman–Crippen MR) is 43.9 cm³/mol. The molecule has 1 atom stereocenters. The quantitative estimate of drug-likeness (QED) is 0.740. The number of rotatable bonds is 1. The number of aryl methyl sites for hydroxylation is 1. The van der Waals surface area contributed by atoms with Crippen molar-refractivity contribution in [3.63, 3.8) is 0 Å². The Labute approximate surface area is 78.6 Å². The van der Waals surface area contributed by atoms with Crippen molar-refractivity contribution in [2.24, 2.45) is 0 Å². The number of aliphatic hydroxyl groups excluding tert-OH is 1. The third-order valence-corrected chi connectivity index (χ3v) is 1.79. The minimum Gasteiger partial charge on any atom is -0.508 e. The first-order valence-corrected chi connectivity index (χ1v) is 3.86. The SMILES string of the molecule is Cc1ccc(O)c([C@@H](O)C(F)(F)F)c1. The van der Waals surface area contributed by atoms with Gasteiger partial charge in [-0.1, -0.05) is 11.6 Å². The first-order chi connectivity index (χ1) is 6.32. The van der Waals surface area contributed by atoms with Crippen LogP contribution in [0.15, 0.2) is 18.2 Å². The van der Waals surface area contributed by atoms with Crippen LogP contribution in [0.5, 0.6) is 5.75 Å². The fraction of sp³-hybridized carbons (Fsp3) is 0.333. The predicted octanol–water partition coefficient (Wildman–Crippen LogP) is 2.30. The van der Waals surface area contributed by atoms with E-state index in [0.717, 1.165) is 12.1 Å². The number of benzene rings is 1. The van der Waals surface area contributed by atoms with Gasteiger partial charge in [0, 0.05) is 5.56 Å². The first kappa shape index (κ1) is 10.8. The second-order valence-electron chi connectivity index (χ2n) is 3.01. The number of aromatic hydroxyl groups is 1. The summed E-state index contributed by atoms with van der Waals surface area (Å²) >= 11 is 0. The lowest BCUT2D eigenvalue weighted by Gasteiger charge is -2.16. The van der Waals surface area contributed by atoms with Crippen molar-refractivity contribution in [2.75, 3.05) is 0 Å². The van der Waals surface area contributed by atoms with Crippen LogP contribution in [0.1, 0.15) is 17.2 Å². The Balaban J connectivity index is 3.12. The zero-order valence-electron chi connectivity index (χ0n) is 7.34. The fourth-order valence-corrected chi connectivity index (χ4v) is 1.07. The Morgan fingerprint density at radius 1 is 1.29 bits per heavy atom. The molecule has 2 N–H and O–H groups in total. The molecule has 0 radical (unpaired) electrons. The molecule has 0 aliphatic rings. The van der Waals surface area contributed by atoms with Gasteiger partial charge in [0.15, 0.2) is 6.10 Å². The molecule has 1 aromatic rings. The highest BCUT2D eigenvalue weighted by Gasteiger charge is 2.40. The monoisotopic (exact) mass is 206 g/mol. The van der Waals surface area contributed by atoms with Crippen LogP contribution in [-0.2, 0) is 0 Å². The molecule has 0 saturated heterocycles. The summed E-state index contributed by atoms with van der Waals surface area (Å²) in [6, 6.07) is 3.69. The summed E-state index contributed by atoms with van der Waals surface area (Å²) in [5, 5.41) is 18.0. The number of phenolic OH excluding ortho intramolecular Hbond substituents is 1. The van der Waals surface area contributed by atoms with Crippen LogP contribution in [0.25, 0.3) is 0 Å². The van der Waals surface area contributed by atoms with E-state index in [1.165, 1.54) is 6.07 Å². The molecule has 0 unspecified atom stereocenters. The zero-order valence-corrected chi connectivity index (χ0v) is 7.34. The van der Waals surface area contributed by atoms with Crippen molar-refractivity contribution in [2.45, 2.75) is 19.2 Å². The van der Waals surface area contributed by atoms with Crippen LogP contribution >= 0.6 is 0 Å². The molecule has 0 fully saturated rings. The average molecular weight is 206 g/mol. The summed E-state index contributed by atoms with van der Waals surface area (Å²) < 4.78 is 36.3. The van der Waals surface area contributed by atoms with E-state index in [2.05, 4.69) is 0 Å². The topological polar surface area (TPSA) is 40.5 Å². The van der Waals surface area contributed by atoms with Crippen LogP contribution in [0.3, 0.4) is 0 Å². The van der Waals surface area contributed by atoms with Crippen LogP contribution in [0, 0.1) is 6.92 Å². The lowest BCUT2D eigenvalue weighted by atomic mass is 10.1. The summed E-state index contributed by atoms with van der Waals surface area (Å²) in [6.07, 6.45) is -7.40. The fourth-order valence-electron chi connectivity index (χ4n) is 1.07. The number of phenols is 1. The summed E-state index contributed by atoms with van der Waals surface area (Å²) in [6.45, 7) is 1.58. The van der Waals surface area contributed by atoms with Crippen LogP contribution in [0.2, 0.25) is 0 Å². The van der Waals surface area contributed by atoms with E-state index >= 15 is 0 Å². The van der Waals surface area contributed by atoms with Gasteiger partial charge in [-0.3, -0.25) is 0 Å². The molecule has 78 valence electrons. The van der Waals surface area contributed by atoms with Gasteiger partial charge in [-0.2, -0.15) is 13.2 Å². The van der Waals surface area contributed by atoms with Crippen molar-refractivity contribution in [1.82, 2.24) is 0 Å². The molecule has 1 rings (SSSR count). The molecule has 0 amide bonds. The Bertz CT molecular complexity index is 333. The van der Waals surface area contributed by atoms with Gasteiger partial charge in [0.25, 0.3) is 0 Å². The number of aliphatic hydroxyl groups is 1. The highest BCUT2D eigenvalue weighted by atomic mass is 19.4. The molecule has 0 saturated carbocycles. The Morgan fingerprint density at radius 3 is 2.36 bits per heavy atom. The van der Waals surface area contributed by atoms with Crippen LogP contribution < -0.4 is 0 Å². The zero-order chi connectivity index (χ0) is 10.9. The molecular formula is C9H9F3O2. The Kier molecular flexibility index (Phi) is 2.71. The highest BCUT2D eigenvalue weighted by molar-refractivity contribution is 5.37. The van der Waals surface area contributed by atoms with Crippen molar-refractivity contribution < 1.29 is 23.4 Å². The van der Waals surface area contributed by atoms with Gasteiger partial charge < -0.3 is 10.2 Å². The summed E-state index contributed by atoms with van der Waals surface area (Å²) in [7, 11) is 0. The molecule has 0 spiro atoms. The molecule has 0 heterocycles. The Hall–Kier alpha value is -1.23. The van der Waals surface area contributed by atoms with Gasteiger partial charge in [0.2, 0.25) is 0 Å². The number of alkyl halides is 3.